The van der Waals surface area contributed by atoms with E-state index in [9.17, 15) is 5.26 Å². The fourth-order valence-corrected chi connectivity index (χ4v) is 2.97. The van der Waals surface area contributed by atoms with E-state index in [1.807, 2.05) is 30.5 Å². The van der Waals surface area contributed by atoms with Gasteiger partial charge < -0.3 is 20.9 Å². The van der Waals surface area contributed by atoms with Gasteiger partial charge in [-0.3, -0.25) is 0 Å². The number of anilines is 1. The number of nitrogens with two attached hydrogens (primary N) is 2. The lowest BCUT2D eigenvalue weighted by atomic mass is 9.84. The number of benzene rings is 1. The zero-order valence-electron chi connectivity index (χ0n) is 13.1. The molecule has 3 rings (SSSR count). The minimum Gasteiger partial charge on any atom is -0.497 e. The highest BCUT2D eigenvalue weighted by Crippen LogP contribution is 2.44. The molecule has 1 unspecified atom stereocenters. The van der Waals surface area contributed by atoms with Crippen LogP contribution in [0.4, 0.5) is 5.82 Å². The van der Waals surface area contributed by atoms with Crippen molar-refractivity contribution < 1.29 is 9.47 Å². The molecule has 0 amide bonds. The number of allylic oxidation sites excluding steroid dienone is 1. The van der Waals surface area contributed by atoms with Crippen LogP contribution in [0, 0.1) is 11.3 Å². The van der Waals surface area contributed by atoms with Gasteiger partial charge >= 0.3 is 0 Å². The first kappa shape index (κ1) is 16.0. The Bertz CT molecular complexity index is 875. The molecule has 0 bridgehead atoms. The van der Waals surface area contributed by atoms with Crippen LogP contribution in [-0.4, -0.2) is 23.3 Å². The summed E-state index contributed by atoms with van der Waals surface area (Å²) in [7, 11) is 1.58. The molecule has 0 saturated heterocycles. The van der Waals surface area contributed by atoms with Crippen molar-refractivity contribution in [3.8, 4) is 17.7 Å². The van der Waals surface area contributed by atoms with Crippen LogP contribution in [0.15, 0.2) is 40.9 Å². The Morgan fingerprint density at radius 3 is 2.79 bits per heavy atom. The molecule has 0 radical (unpaired) electrons. The second-order valence-corrected chi connectivity index (χ2v) is 5.79. The van der Waals surface area contributed by atoms with Crippen molar-refractivity contribution in [2.75, 3.05) is 19.1 Å². The van der Waals surface area contributed by atoms with E-state index in [1.165, 1.54) is 11.8 Å². The summed E-state index contributed by atoms with van der Waals surface area (Å²) >= 11 is 1.34. The lowest BCUT2D eigenvalue weighted by Crippen LogP contribution is -2.23. The Balaban J connectivity index is 2.25. The predicted molar refractivity (Wildman–Crippen MR) is 90.5 cm³/mol. The fourth-order valence-electron chi connectivity index (χ4n) is 2.61. The SMILES string of the molecule is COc1cccc(C2C(C#N)=C(N)Oc3nc(SC)nc(N)c32)c1. The highest BCUT2D eigenvalue weighted by atomic mass is 32.2. The van der Waals surface area contributed by atoms with Gasteiger partial charge in [-0.1, -0.05) is 23.9 Å². The summed E-state index contributed by atoms with van der Waals surface area (Å²) in [4.78, 5) is 8.59. The zero-order valence-corrected chi connectivity index (χ0v) is 13.9. The summed E-state index contributed by atoms with van der Waals surface area (Å²) in [6, 6.07) is 9.46. The first-order chi connectivity index (χ1) is 11.6. The Morgan fingerprint density at radius 1 is 1.33 bits per heavy atom. The minimum atomic E-state index is -0.509. The molecule has 4 N–H and O–H groups in total. The van der Waals surface area contributed by atoms with E-state index in [-0.39, 0.29) is 23.2 Å². The molecule has 24 heavy (non-hydrogen) atoms. The van der Waals surface area contributed by atoms with Crippen molar-refractivity contribution in [3.63, 3.8) is 0 Å². The van der Waals surface area contributed by atoms with E-state index in [1.54, 1.807) is 7.11 Å². The molecule has 1 aromatic carbocycles. The van der Waals surface area contributed by atoms with Gasteiger partial charge in [-0.05, 0) is 24.0 Å². The first-order valence-electron chi connectivity index (χ1n) is 7.02. The standard InChI is InChI=1S/C16H15N5O2S/c1-22-9-5-3-4-8(6-9)11-10(7-17)14(19)23-15-12(11)13(18)20-16(21-15)24-2/h3-6,11H,19H2,1-2H3,(H2,18,20,21). The van der Waals surface area contributed by atoms with Gasteiger partial charge in [0.05, 0.1) is 18.6 Å². The molecule has 0 fully saturated rings. The number of thioether (sulfide) groups is 1. The third kappa shape index (κ3) is 2.59. The second kappa shape index (κ2) is 6.29. The van der Waals surface area contributed by atoms with E-state index in [0.717, 1.165) is 5.56 Å². The van der Waals surface area contributed by atoms with Crippen LogP contribution in [0.25, 0.3) is 0 Å². The smallest absolute Gasteiger partial charge is 0.231 e. The Hall–Kier alpha value is -2.92. The van der Waals surface area contributed by atoms with Gasteiger partial charge in [0.25, 0.3) is 0 Å². The number of hydrogen-bond acceptors (Lipinski definition) is 8. The summed E-state index contributed by atoms with van der Waals surface area (Å²) in [5.74, 6) is 0.706. The van der Waals surface area contributed by atoms with Crippen molar-refractivity contribution in [1.29, 1.82) is 5.26 Å². The van der Waals surface area contributed by atoms with Crippen LogP contribution >= 0.6 is 11.8 Å². The maximum absolute atomic E-state index is 9.55. The summed E-state index contributed by atoms with van der Waals surface area (Å²) in [6.07, 6.45) is 1.84. The quantitative estimate of drug-likeness (QED) is 0.642. The number of hydrogen-bond donors (Lipinski definition) is 2. The predicted octanol–water partition coefficient (Wildman–Crippen LogP) is 2.01. The van der Waals surface area contributed by atoms with Crippen molar-refractivity contribution in [1.82, 2.24) is 9.97 Å². The van der Waals surface area contributed by atoms with Crippen molar-refractivity contribution in [3.05, 3.63) is 46.8 Å². The monoisotopic (exact) mass is 341 g/mol. The van der Waals surface area contributed by atoms with Crippen LogP contribution in [0.5, 0.6) is 11.6 Å². The van der Waals surface area contributed by atoms with E-state index in [2.05, 4.69) is 16.0 Å². The van der Waals surface area contributed by atoms with Gasteiger partial charge in [0.15, 0.2) is 5.16 Å². The molecule has 1 aromatic heterocycles. The van der Waals surface area contributed by atoms with Gasteiger partial charge in [0, 0.05) is 0 Å². The molecule has 7 nitrogen and oxygen atoms in total. The number of ether oxygens (including phenoxy) is 2. The molecule has 1 atom stereocenters. The van der Waals surface area contributed by atoms with Crippen molar-refractivity contribution in [2.45, 2.75) is 11.1 Å². The maximum Gasteiger partial charge on any atom is 0.231 e. The lowest BCUT2D eigenvalue weighted by molar-refractivity contribution is 0.372. The van der Waals surface area contributed by atoms with Crippen LogP contribution in [-0.2, 0) is 0 Å². The minimum absolute atomic E-state index is 0.0166. The molecule has 0 saturated carbocycles. The number of aromatic nitrogens is 2. The summed E-state index contributed by atoms with van der Waals surface area (Å²) in [6.45, 7) is 0. The number of methoxy groups -OCH3 is 1. The summed E-state index contributed by atoms with van der Waals surface area (Å²) in [5, 5.41) is 10.0. The molecule has 1 aliphatic heterocycles. The van der Waals surface area contributed by atoms with Crippen LogP contribution < -0.4 is 20.9 Å². The van der Waals surface area contributed by atoms with Gasteiger partial charge in [0.2, 0.25) is 11.8 Å². The number of nitriles is 1. The highest BCUT2D eigenvalue weighted by molar-refractivity contribution is 7.98. The van der Waals surface area contributed by atoms with E-state index >= 15 is 0 Å². The topological polar surface area (TPSA) is 120 Å². The van der Waals surface area contributed by atoms with Gasteiger partial charge in [-0.2, -0.15) is 10.2 Å². The maximum atomic E-state index is 9.55. The lowest BCUT2D eigenvalue weighted by Gasteiger charge is -2.26. The molecule has 1 aliphatic rings. The van der Waals surface area contributed by atoms with Crippen molar-refractivity contribution in [2.24, 2.45) is 5.73 Å². The summed E-state index contributed by atoms with van der Waals surface area (Å²) in [5.41, 5.74) is 13.7. The fraction of sp³-hybridized carbons (Fsp3) is 0.188. The van der Waals surface area contributed by atoms with Crippen LogP contribution in [0.2, 0.25) is 0 Å². The Kier molecular flexibility index (Phi) is 4.18. The largest absolute Gasteiger partial charge is 0.497 e. The highest BCUT2D eigenvalue weighted by Gasteiger charge is 2.34. The van der Waals surface area contributed by atoms with Gasteiger partial charge in [0.1, 0.15) is 23.2 Å². The van der Waals surface area contributed by atoms with Gasteiger partial charge in [-0.25, -0.2) is 4.98 Å². The Labute approximate surface area is 143 Å². The van der Waals surface area contributed by atoms with Crippen LogP contribution in [0.3, 0.4) is 0 Å². The number of rotatable bonds is 3. The average molecular weight is 341 g/mol. The molecule has 0 spiro atoms. The molecular formula is C16H15N5O2S. The third-order valence-electron chi connectivity index (χ3n) is 3.70. The second-order valence-electron chi connectivity index (χ2n) is 5.02. The van der Waals surface area contributed by atoms with E-state index in [4.69, 9.17) is 20.9 Å². The van der Waals surface area contributed by atoms with Crippen LogP contribution in [0.1, 0.15) is 17.0 Å². The molecule has 2 aromatic rings. The van der Waals surface area contributed by atoms with E-state index in [0.29, 0.717) is 16.5 Å². The number of nitrogens with zero attached hydrogens (tertiary/aromatic N) is 3. The van der Waals surface area contributed by atoms with E-state index < -0.39 is 5.92 Å². The first-order valence-corrected chi connectivity index (χ1v) is 8.24. The molecule has 122 valence electrons. The Morgan fingerprint density at radius 2 is 2.12 bits per heavy atom. The average Bonchev–Trinajstić information content (AvgIpc) is 2.60. The van der Waals surface area contributed by atoms with Gasteiger partial charge in [-0.15, -0.1) is 0 Å². The molecule has 2 heterocycles. The number of fused-ring (bicyclic) bond motifs is 1. The zero-order chi connectivity index (χ0) is 17.3. The normalized spacial score (nSPS) is 16.1. The number of nitrogen functional groups attached to an aromatic ring is 1. The molecule has 8 heteroatoms. The third-order valence-corrected chi connectivity index (χ3v) is 4.25. The molecule has 0 aliphatic carbocycles. The van der Waals surface area contributed by atoms with Crippen molar-refractivity contribution >= 4 is 17.6 Å². The molecular weight excluding hydrogens is 326 g/mol. The summed E-state index contributed by atoms with van der Waals surface area (Å²) < 4.78 is 10.8.